The number of fused-ring (bicyclic) bond motifs is 13. The number of nitrogens with zero attached hydrogens (tertiary/aromatic N) is 4. The number of hydrogen-bond acceptors (Lipinski definition) is 3. The third-order valence-corrected chi connectivity index (χ3v) is 12.4. The van der Waals surface area contributed by atoms with Crippen LogP contribution >= 0.6 is 0 Å². The van der Waals surface area contributed by atoms with Crippen molar-refractivity contribution in [3.63, 3.8) is 0 Å². The fraction of sp³-hybridized carbons (Fsp3) is 0.0400. The van der Waals surface area contributed by atoms with E-state index in [-0.39, 0.29) is 0 Å². The summed E-state index contributed by atoms with van der Waals surface area (Å²) in [5.74, 6) is 3.41. The summed E-state index contributed by atoms with van der Waals surface area (Å²) < 4.78 is 43.9. The molecule has 1 aliphatic carbocycles. The summed E-state index contributed by atoms with van der Waals surface area (Å²) in [6.07, 6.45) is 1.81. The fourth-order valence-electron chi connectivity index (χ4n) is 9.14. The molecule has 7 aromatic carbocycles. The Bertz CT molecular complexity index is 3430. The van der Waals surface area contributed by atoms with E-state index < -0.39 is 12.4 Å². The molecular weight excluding hydrogens is 884 g/mol. The zero-order chi connectivity index (χ0) is 40.3. The van der Waals surface area contributed by atoms with E-state index in [1.54, 1.807) is 0 Å². The van der Waals surface area contributed by atoms with E-state index in [1.807, 2.05) is 89.6 Å². The van der Waals surface area contributed by atoms with Crippen LogP contribution in [0.15, 0.2) is 164 Å². The molecule has 0 saturated heterocycles. The van der Waals surface area contributed by atoms with Crippen LogP contribution in [0.2, 0.25) is 0 Å². The Hall–Kier alpha value is -6.75. The summed E-state index contributed by atoms with van der Waals surface area (Å²) in [6, 6.07) is 60.3. The normalized spacial score (nSPS) is 14.4. The van der Waals surface area contributed by atoms with Gasteiger partial charge in [0.05, 0.1) is 5.41 Å². The van der Waals surface area contributed by atoms with Crippen LogP contribution in [0.25, 0.3) is 55.5 Å². The second-order valence-electron chi connectivity index (χ2n) is 14.3. The molecule has 0 saturated carbocycles. The van der Waals surface area contributed by atoms with Crippen LogP contribution in [-0.4, -0.2) is 18.7 Å². The van der Waals surface area contributed by atoms with E-state index in [0.717, 1.165) is 55.8 Å². The molecule has 0 amide bonds. The molecule has 7 heteroatoms. The van der Waals surface area contributed by atoms with Crippen molar-refractivity contribution in [1.82, 2.24) is 18.7 Å². The van der Waals surface area contributed by atoms with Crippen molar-refractivity contribution in [1.29, 1.82) is 0 Å². The van der Waals surface area contributed by atoms with Gasteiger partial charge in [-0.05, 0) is 40.5 Å². The van der Waals surface area contributed by atoms with E-state index in [2.05, 4.69) is 115 Å². The first-order chi connectivity index (χ1) is 29.3. The fourth-order valence-corrected chi connectivity index (χ4v) is 9.96. The SMILES string of the molecule is [2H]C([2H])([2H])n1[c](=[Pt])n(-c2[c-]c(Oc3[c-]c4c(cc3)c3cc5c(cc3n4-c3ccccn3)C3(c4ccccc4Oc4ccccc43)c3ccccc3-5)ccc2)c2ccccc21. The number of ether oxygens (including phenoxy) is 2. The van der Waals surface area contributed by atoms with Gasteiger partial charge >= 0.3 is 198 Å². The van der Waals surface area contributed by atoms with E-state index in [4.69, 9.17) is 18.6 Å². The molecule has 0 N–H and O–H groups in total. The third-order valence-electron chi connectivity index (χ3n) is 11.4. The third kappa shape index (κ3) is 4.50. The van der Waals surface area contributed by atoms with Gasteiger partial charge in [0.2, 0.25) is 0 Å². The Morgan fingerprint density at radius 3 is 2.12 bits per heavy atom. The number of hydrogen-bond donors (Lipinski definition) is 0. The monoisotopic (exact) mass is 916 g/mol. The number of para-hydroxylation sites is 4. The minimum absolute atomic E-state index is 0.465. The van der Waals surface area contributed by atoms with Crippen molar-refractivity contribution in [3.05, 3.63) is 202 Å². The first kappa shape index (κ1) is 29.5. The number of benzene rings is 7. The van der Waals surface area contributed by atoms with Crippen LogP contribution in [0.5, 0.6) is 23.0 Å². The summed E-state index contributed by atoms with van der Waals surface area (Å²) in [7, 11) is 0. The average Bonchev–Trinajstić information content (AvgIpc) is 3.86. The molecule has 0 fully saturated rings. The van der Waals surface area contributed by atoms with Crippen LogP contribution in [0, 0.1) is 15.9 Å². The number of rotatable bonds is 4. The van der Waals surface area contributed by atoms with E-state index >= 15 is 0 Å². The van der Waals surface area contributed by atoms with Crippen molar-refractivity contribution in [2.75, 3.05) is 0 Å². The number of aromatic nitrogens is 4. The maximum absolute atomic E-state index is 8.25. The summed E-state index contributed by atoms with van der Waals surface area (Å²) in [5.41, 5.74) is 10.2. The van der Waals surface area contributed by atoms with Crippen LogP contribution in [0.4, 0.5) is 0 Å². The van der Waals surface area contributed by atoms with Crippen molar-refractivity contribution >= 4 is 32.8 Å². The number of pyridine rings is 1. The van der Waals surface area contributed by atoms with Crippen molar-refractivity contribution in [3.8, 4) is 45.6 Å². The Morgan fingerprint density at radius 1 is 0.614 bits per heavy atom. The Balaban J connectivity index is 1.06. The van der Waals surface area contributed by atoms with Crippen LogP contribution in [0.1, 0.15) is 26.4 Å². The molecule has 12 rings (SSSR count). The molecule has 2 aliphatic rings. The van der Waals surface area contributed by atoms with Gasteiger partial charge in [0.15, 0.2) is 0 Å². The molecule has 6 nitrogen and oxygen atoms in total. The number of imidazole rings is 1. The standard InChI is InChI=1S/C50H30N4O2.Pt/c1-52-31-53(44-20-7-6-19-43(44)52)32-13-12-14-33(27-32)55-34-24-25-36-38-29-37-35-15-2-3-16-39(35)50(40-17-4-8-21-47(40)56-48-22-9-5-18-41(48)50)42(37)30-46(38)54(45(36)28-34)49-23-10-11-26-51-49;/h2-26,29-30H,1H3;/q-2;/i1D3;. The molecular formula is C50H30N4O2Pt-2. The molecule has 0 atom stereocenters. The molecule has 0 radical (unpaired) electrons. The predicted molar refractivity (Wildman–Crippen MR) is 219 cm³/mol. The molecule has 3 aromatic heterocycles. The van der Waals surface area contributed by atoms with Crippen molar-refractivity contribution in [2.45, 2.75) is 5.41 Å². The second-order valence-corrected chi connectivity index (χ2v) is 15.3. The van der Waals surface area contributed by atoms with E-state index in [9.17, 15) is 0 Å². The summed E-state index contributed by atoms with van der Waals surface area (Å²) in [4.78, 5) is 4.87. The topological polar surface area (TPSA) is 46.1 Å². The molecule has 4 heterocycles. The Morgan fingerprint density at radius 2 is 1.33 bits per heavy atom. The van der Waals surface area contributed by atoms with Gasteiger partial charge in [-0.25, -0.2) is 0 Å². The van der Waals surface area contributed by atoms with Crippen molar-refractivity contribution in [2.24, 2.45) is 6.98 Å². The molecule has 0 bridgehead atoms. The van der Waals surface area contributed by atoms with Crippen LogP contribution in [0.3, 0.4) is 0 Å². The molecule has 57 heavy (non-hydrogen) atoms. The van der Waals surface area contributed by atoms with Gasteiger partial charge in [0.25, 0.3) is 0 Å². The minimum atomic E-state index is -2.36. The summed E-state index contributed by atoms with van der Waals surface area (Å²) in [6.45, 7) is -2.36. The molecule has 1 aliphatic heterocycles. The van der Waals surface area contributed by atoms with Gasteiger partial charge in [-0.15, -0.1) is 0 Å². The van der Waals surface area contributed by atoms with Gasteiger partial charge in [-0.3, -0.25) is 0 Å². The van der Waals surface area contributed by atoms with Gasteiger partial charge in [-0.2, -0.15) is 0 Å². The van der Waals surface area contributed by atoms with Crippen molar-refractivity contribution < 1.29 is 32.9 Å². The van der Waals surface area contributed by atoms with Crippen LogP contribution in [-0.2, 0) is 31.7 Å². The Kier molecular flexibility index (Phi) is 6.28. The van der Waals surface area contributed by atoms with E-state index in [1.165, 1.54) is 26.8 Å². The Labute approximate surface area is 343 Å². The zero-order valence-corrected chi connectivity index (χ0v) is 32.3. The summed E-state index contributed by atoms with van der Waals surface area (Å²) >= 11 is 2.07. The predicted octanol–water partition coefficient (Wildman–Crippen LogP) is 11.4. The first-order valence-electron chi connectivity index (χ1n) is 20.1. The molecule has 10 aromatic rings. The molecule has 1 spiro atoms. The average molecular weight is 917 g/mol. The quantitative estimate of drug-likeness (QED) is 0.165. The van der Waals surface area contributed by atoms with Crippen LogP contribution < -0.4 is 9.47 Å². The maximum atomic E-state index is 8.25. The van der Waals surface area contributed by atoms with Gasteiger partial charge in [0.1, 0.15) is 11.5 Å². The first-order valence-corrected chi connectivity index (χ1v) is 19.8. The van der Waals surface area contributed by atoms with Gasteiger partial charge < -0.3 is 4.74 Å². The molecule has 274 valence electrons. The summed E-state index contributed by atoms with van der Waals surface area (Å²) in [5, 5.41) is 2.08. The van der Waals surface area contributed by atoms with Gasteiger partial charge in [-0.1, -0.05) is 66.7 Å². The van der Waals surface area contributed by atoms with E-state index in [0.29, 0.717) is 26.5 Å². The number of aryl methyl sites for hydroxylation is 1. The van der Waals surface area contributed by atoms with Gasteiger partial charge in [0, 0.05) is 17.3 Å². The zero-order valence-electron chi connectivity index (χ0n) is 33.0. The second kappa shape index (κ2) is 12.1. The molecule has 0 unspecified atom stereocenters.